The Balaban J connectivity index is 1.39. The number of amides is 1. The molecule has 3 rings (SSSR count). The summed E-state index contributed by atoms with van der Waals surface area (Å²) in [6.07, 6.45) is 5.01. The van der Waals surface area contributed by atoms with Crippen LogP contribution in [0, 0.1) is 0 Å². The molecule has 4 nitrogen and oxygen atoms in total. The zero-order chi connectivity index (χ0) is 17.5. The van der Waals surface area contributed by atoms with Gasteiger partial charge in [-0.3, -0.25) is 9.78 Å². The number of hydrogen-bond acceptors (Lipinski definition) is 4. The maximum Gasteiger partial charge on any atom is 0.232 e. The summed E-state index contributed by atoms with van der Waals surface area (Å²) < 4.78 is 5.94. The normalized spacial score (nSPS) is 15.2. The van der Waals surface area contributed by atoms with E-state index in [0.717, 1.165) is 31.7 Å². The van der Waals surface area contributed by atoms with E-state index in [1.165, 1.54) is 5.56 Å². The van der Waals surface area contributed by atoms with Gasteiger partial charge in [-0.25, -0.2) is 0 Å². The van der Waals surface area contributed by atoms with Gasteiger partial charge in [0.2, 0.25) is 5.91 Å². The number of carbonyl (C=O) groups excluding carboxylic acids is 1. The Morgan fingerprint density at radius 3 is 2.72 bits per heavy atom. The molecule has 0 aliphatic carbocycles. The fourth-order valence-corrected chi connectivity index (χ4v) is 3.83. The minimum Gasteiger partial charge on any atom is -0.489 e. The molecule has 132 valence electrons. The molecule has 2 aromatic rings. The first-order valence-electron chi connectivity index (χ1n) is 8.38. The largest absolute Gasteiger partial charge is 0.489 e. The number of thioether (sulfide) groups is 1. The highest BCUT2D eigenvalue weighted by Crippen LogP contribution is 2.26. The number of nitrogens with zero attached hydrogens (tertiary/aromatic N) is 2. The van der Waals surface area contributed by atoms with Gasteiger partial charge in [0.15, 0.2) is 0 Å². The number of halogens is 1. The second-order valence-electron chi connectivity index (χ2n) is 5.98. The van der Waals surface area contributed by atoms with Crippen LogP contribution in [0.5, 0.6) is 5.75 Å². The van der Waals surface area contributed by atoms with E-state index >= 15 is 0 Å². The molecule has 1 aliphatic rings. The van der Waals surface area contributed by atoms with Gasteiger partial charge in [-0.2, -0.15) is 0 Å². The molecule has 0 N–H and O–H groups in total. The van der Waals surface area contributed by atoms with Crippen LogP contribution in [-0.4, -0.2) is 40.7 Å². The van der Waals surface area contributed by atoms with Gasteiger partial charge in [0, 0.05) is 50.1 Å². The van der Waals surface area contributed by atoms with Crippen molar-refractivity contribution in [1.82, 2.24) is 9.88 Å². The number of rotatable bonds is 6. The van der Waals surface area contributed by atoms with Crippen molar-refractivity contribution in [3.63, 3.8) is 0 Å². The molecule has 0 saturated carbocycles. The number of hydrogen-bond donors (Lipinski definition) is 0. The number of benzene rings is 1. The summed E-state index contributed by atoms with van der Waals surface area (Å²) in [5, 5.41) is 0.526. The summed E-state index contributed by atoms with van der Waals surface area (Å²) in [5.41, 5.74) is 1.25. The first kappa shape index (κ1) is 18.1. The van der Waals surface area contributed by atoms with E-state index in [1.807, 2.05) is 23.1 Å². The molecule has 6 heteroatoms. The Hall–Kier alpha value is -1.72. The number of ether oxygens (including phenoxy) is 1. The van der Waals surface area contributed by atoms with Gasteiger partial charge in [0.05, 0.1) is 5.75 Å². The van der Waals surface area contributed by atoms with Crippen molar-refractivity contribution in [2.75, 3.05) is 18.8 Å². The molecule has 0 unspecified atom stereocenters. The minimum absolute atomic E-state index is 0.0981. The standard InChI is InChI=1S/C19H21ClN2O2S/c20-17-12-21-9-6-18(17)24-16-7-10-22(11-8-16)19(23)14-25-13-15-4-2-1-3-5-15/h1-6,9,12,16H,7-8,10-11,13-14H2. The summed E-state index contributed by atoms with van der Waals surface area (Å²) in [6.45, 7) is 1.47. The van der Waals surface area contributed by atoms with Gasteiger partial charge in [0.1, 0.15) is 16.9 Å². The summed E-state index contributed by atoms with van der Waals surface area (Å²) >= 11 is 7.74. The molecule has 0 bridgehead atoms. The number of likely N-dealkylation sites (tertiary alicyclic amines) is 1. The molecule has 1 aromatic heterocycles. The van der Waals surface area contributed by atoms with Gasteiger partial charge in [0.25, 0.3) is 0 Å². The second-order valence-corrected chi connectivity index (χ2v) is 7.38. The molecule has 0 radical (unpaired) electrons. The summed E-state index contributed by atoms with van der Waals surface area (Å²) in [5.74, 6) is 2.27. The lowest BCUT2D eigenvalue weighted by molar-refractivity contribution is -0.130. The lowest BCUT2D eigenvalue weighted by Gasteiger charge is -2.32. The average molecular weight is 377 g/mol. The highest BCUT2D eigenvalue weighted by molar-refractivity contribution is 7.99. The van der Waals surface area contributed by atoms with E-state index in [4.69, 9.17) is 16.3 Å². The highest BCUT2D eigenvalue weighted by Gasteiger charge is 2.24. The smallest absolute Gasteiger partial charge is 0.232 e. The molecule has 0 atom stereocenters. The molecule has 2 heterocycles. The van der Waals surface area contributed by atoms with Crippen LogP contribution < -0.4 is 4.74 Å². The predicted octanol–water partition coefficient (Wildman–Crippen LogP) is 4.04. The van der Waals surface area contributed by atoms with Crippen molar-refractivity contribution in [3.8, 4) is 5.75 Å². The van der Waals surface area contributed by atoms with Crippen LogP contribution in [-0.2, 0) is 10.5 Å². The SMILES string of the molecule is O=C(CSCc1ccccc1)N1CCC(Oc2ccncc2Cl)CC1. The molecule has 1 fully saturated rings. The van der Waals surface area contributed by atoms with E-state index in [0.29, 0.717) is 16.5 Å². The van der Waals surface area contributed by atoms with Gasteiger partial charge in [-0.15, -0.1) is 11.8 Å². The molecule has 1 amide bonds. The molecular formula is C19H21ClN2O2S. The van der Waals surface area contributed by atoms with Crippen LogP contribution in [0.4, 0.5) is 0 Å². The van der Waals surface area contributed by atoms with Crippen molar-refractivity contribution in [2.24, 2.45) is 0 Å². The van der Waals surface area contributed by atoms with E-state index in [2.05, 4.69) is 17.1 Å². The summed E-state index contributed by atoms with van der Waals surface area (Å²) in [4.78, 5) is 18.2. The molecule has 1 saturated heterocycles. The summed E-state index contributed by atoms with van der Waals surface area (Å²) in [6, 6.07) is 12.0. The quantitative estimate of drug-likeness (QED) is 0.763. The van der Waals surface area contributed by atoms with Gasteiger partial charge in [-0.1, -0.05) is 41.9 Å². The van der Waals surface area contributed by atoms with Crippen molar-refractivity contribution in [1.29, 1.82) is 0 Å². The fourth-order valence-electron chi connectivity index (χ4n) is 2.78. The first-order chi connectivity index (χ1) is 12.2. The first-order valence-corrected chi connectivity index (χ1v) is 9.91. The van der Waals surface area contributed by atoms with E-state index in [-0.39, 0.29) is 12.0 Å². The van der Waals surface area contributed by atoms with Crippen LogP contribution in [0.3, 0.4) is 0 Å². The molecule has 1 aliphatic heterocycles. The Morgan fingerprint density at radius 1 is 1.24 bits per heavy atom. The third-order valence-corrected chi connectivity index (χ3v) is 5.43. The number of pyridine rings is 1. The topological polar surface area (TPSA) is 42.4 Å². The molecule has 0 spiro atoms. The zero-order valence-corrected chi connectivity index (χ0v) is 15.5. The third kappa shape index (κ3) is 5.38. The Bertz CT molecular complexity index is 691. The summed E-state index contributed by atoms with van der Waals surface area (Å²) in [7, 11) is 0. The van der Waals surface area contributed by atoms with Crippen LogP contribution in [0.15, 0.2) is 48.8 Å². The van der Waals surface area contributed by atoms with Crippen LogP contribution in [0.2, 0.25) is 5.02 Å². The number of carbonyl (C=O) groups is 1. The van der Waals surface area contributed by atoms with Crippen molar-refractivity contribution in [2.45, 2.75) is 24.7 Å². The number of piperidine rings is 1. The molecule has 1 aromatic carbocycles. The van der Waals surface area contributed by atoms with Crippen LogP contribution in [0.25, 0.3) is 0 Å². The maximum absolute atomic E-state index is 12.3. The van der Waals surface area contributed by atoms with Gasteiger partial charge >= 0.3 is 0 Å². The predicted molar refractivity (Wildman–Crippen MR) is 102 cm³/mol. The molecule has 25 heavy (non-hydrogen) atoms. The van der Waals surface area contributed by atoms with Crippen LogP contribution >= 0.6 is 23.4 Å². The highest BCUT2D eigenvalue weighted by atomic mass is 35.5. The van der Waals surface area contributed by atoms with E-state index < -0.39 is 0 Å². The average Bonchev–Trinajstić information content (AvgIpc) is 2.65. The second kappa shape index (κ2) is 9.11. The maximum atomic E-state index is 12.3. The van der Waals surface area contributed by atoms with Gasteiger partial charge < -0.3 is 9.64 Å². The third-order valence-electron chi connectivity index (χ3n) is 4.16. The minimum atomic E-state index is 0.0981. The van der Waals surface area contributed by atoms with Gasteiger partial charge in [-0.05, 0) is 5.56 Å². The van der Waals surface area contributed by atoms with E-state index in [9.17, 15) is 4.79 Å². The number of aromatic nitrogens is 1. The van der Waals surface area contributed by atoms with Crippen LogP contribution in [0.1, 0.15) is 18.4 Å². The Kier molecular flexibility index (Phi) is 6.59. The lowest BCUT2D eigenvalue weighted by atomic mass is 10.1. The lowest BCUT2D eigenvalue weighted by Crippen LogP contribution is -2.42. The molecular weight excluding hydrogens is 356 g/mol. The fraction of sp³-hybridized carbons (Fsp3) is 0.368. The van der Waals surface area contributed by atoms with Crippen molar-refractivity contribution in [3.05, 3.63) is 59.4 Å². The Labute approximate surface area is 157 Å². The van der Waals surface area contributed by atoms with E-state index in [1.54, 1.807) is 30.2 Å². The monoisotopic (exact) mass is 376 g/mol. The zero-order valence-electron chi connectivity index (χ0n) is 13.9. The van der Waals surface area contributed by atoms with Crippen molar-refractivity contribution >= 4 is 29.3 Å². The Morgan fingerprint density at radius 2 is 2.00 bits per heavy atom. The van der Waals surface area contributed by atoms with Crippen molar-refractivity contribution < 1.29 is 9.53 Å².